The fraction of sp³-hybridized carbons (Fsp3) is 0.679. The van der Waals surface area contributed by atoms with Gasteiger partial charge in [-0.1, -0.05) is 24.3 Å². The largest absolute Gasteiger partial charge is 0.388 e. The quantitative estimate of drug-likeness (QED) is 0.398. The predicted molar refractivity (Wildman–Crippen MR) is 139 cm³/mol. The van der Waals surface area contributed by atoms with Gasteiger partial charge in [0.25, 0.3) is 0 Å². The van der Waals surface area contributed by atoms with Crippen LogP contribution in [0.15, 0.2) is 24.3 Å². The molecule has 4 saturated heterocycles. The van der Waals surface area contributed by atoms with E-state index in [1.807, 2.05) is 17.0 Å². The number of nitrogens with zero attached hydrogens (tertiary/aromatic N) is 3. The van der Waals surface area contributed by atoms with Crippen molar-refractivity contribution in [2.24, 2.45) is 0 Å². The number of carbonyl (C=O) groups is 3. The third kappa shape index (κ3) is 5.30. The lowest BCUT2D eigenvalue weighted by Crippen LogP contribution is -2.56. The van der Waals surface area contributed by atoms with Crippen molar-refractivity contribution in [2.45, 2.75) is 81.3 Å². The summed E-state index contributed by atoms with van der Waals surface area (Å²) < 4.78 is 11.9. The van der Waals surface area contributed by atoms with Crippen LogP contribution in [0, 0.1) is 0 Å². The topological polar surface area (TPSA) is 132 Å². The molecule has 0 unspecified atom stereocenters. The molecular weight excluding hydrogens is 504 g/mol. The van der Waals surface area contributed by atoms with Crippen molar-refractivity contribution in [3.63, 3.8) is 0 Å². The Kier molecular flexibility index (Phi) is 7.36. The van der Waals surface area contributed by atoms with Gasteiger partial charge in [-0.2, -0.15) is 0 Å². The molecule has 0 radical (unpaired) electrons. The summed E-state index contributed by atoms with van der Waals surface area (Å²) in [5.41, 5.74) is 2.60. The van der Waals surface area contributed by atoms with E-state index in [-0.39, 0.29) is 61.5 Å². The second-order valence-electron chi connectivity index (χ2n) is 11.6. The van der Waals surface area contributed by atoms with Crippen LogP contribution in [-0.4, -0.2) is 131 Å². The van der Waals surface area contributed by atoms with Crippen LogP contribution in [0.1, 0.15) is 30.9 Å². The normalized spacial score (nSPS) is 36.2. The van der Waals surface area contributed by atoms with Gasteiger partial charge in [-0.3, -0.25) is 19.3 Å². The molecule has 3 amide bonds. The molecule has 6 rings (SSSR count). The number of hydrogen-bond acceptors (Lipinski definition) is 8. The van der Waals surface area contributed by atoms with Gasteiger partial charge in [0.1, 0.15) is 18.3 Å². The number of carbonyl (C=O) groups excluding carboxylic acids is 3. The third-order valence-corrected chi connectivity index (χ3v) is 9.06. The maximum Gasteiger partial charge on any atom is 0.240 e. The molecule has 5 aliphatic rings. The van der Waals surface area contributed by atoms with Crippen LogP contribution in [0.2, 0.25) is 0 Å². The molecule has 0 saturated carbocycles. The number of nitrogens with one attached hydrogen (secondary N) is 1. The van der Waals surface area contributed by atoms with Crippen LogP contribution < -0.4 is 5.32 Å². The van der Waals surface area contributed by atoms with Crippen LogP contribution in [-0.2, 0) is 36.7 Å². The number of fused-ring (bicyclic) bond motifs is 7. The summed E-state index contributed by atoms with van der Waals surface area (Å²) in [5.74, 6) is -0.478. The number of benzene rings is 1. The van der Waals surface area contributed by atoms with Gasteiger partial charge < -0.3 is 34.8 Å². The van der Waals surface area contributed by atoms with Gasteiger partial charge >= 0.3 is 0 Å². The molecule has 0 spiro atoms. The van der Waals surface area contributed by atoms with E-state index in [1.54, 1.807) is 0 Å². The van der Waals surface area contributed by atoms with Crippen molar-refractivity contribution in [2.75, 3.05) is 39.3 Å². The number of likely N-dealkylation sites (tertiary alicyclic amines) is 1. The molecule has 3 N–H and O–H groups in total. The number of ether oxygens (including phenoxy) is 2. The Bertz CT molecular complexity index is 1090. The number of aliphatic hydroxyl groups excluding tert-OH is 2. The highest BCUT2D eigenvalue weighted by molar-refractivity contribution is 5.83. The van der Waals surface area contributed by atoms with Crippen LogP contribution in [0.4, 0.5) is 0 Å². The first-order valence-electron chi connectivity index (χ1n) is 14.1. The molecule has 0 aromatic heterocycles. The maximum absolute atomic E-state index is 14.0. The fourth-order valence-electron chi connectivity index (χ4n) is 7.03. The van der Waals surface area contributed by atoms with Crippen molar-refractivity contribution in [1.29, 1.82) is 0 Å². The molecular formula is C28H38N4O7. The van der Waals surface area contributed by atoms with Crippen LogP contribution in [0.5, 0.6) is 0 Å². The Balaban J connectivity index is 1.27. The standard InChI is InChI=1S/C28H38N4O7/c1-16(33)31-14-21-13-30(6-7-38-21)28(37)22-10-19(12-32(22)20-8-17-4-2-3-5-18(17)9-20)29-25(34)11-23-26(35)27(36)24(15-31)39-23/h2-5,19-24,26-27,35-36H,6-15H2,1H3,(H,29,34)/t19-,21-,22-,23-,24+,26-,27+/m0/s1. The van der Waals surface area contributed by atoms with E-state index in [1.165, 1.54) is 23.0 Å². The number of morpholine rings is 1. The number of hydrogen-bond donors (Lipinski definition) is 3. The minimum Gasteiger partial charge on any atom is -0.388 e. The van der Waals surface area contributed by atoms with Gasteiger partial charge in [0, 0.05) is 51.7 Å². The summed E-state index contributed by atoms with van der Waals surface area (Å²) in [6.07, 6.45) is -2.44. The van der Waals surface area contributed by atoms with E-state index >= 15 is 0 Å². The summed E-state index contributed by atoms with van der Waals surface area (Å²) in [7, 11) is 0. The minimum atomic E-state index is -1.24. The van der Waals surface area contributed by atoms with Gasteiger partial charge in [0.05, 0.1) is 31.3 Å². The van der Waals surface area contributed by atoms with Gasteiger partial charge in [0.2, 0.25) is 17.7 Å². The molecule has 11 heteroatoms. The fourth-order valence-corrected chi connectivity index (χ4v) is 7.03. The molecule has 1 aromatic carbocycles. The summed E-state index contributed by atoms with van der Waals surface area (Å²) in [5, 5.41) is 24.3. The predicted octanol–water partition coefficient (Wildman–Crippen LogP) is -1.32. The van der Waals surface area contributed by atoms with E-state index in [4.69, 9.17) is 9.47 Å². The molecule has 212 valence electrons. The average Bonchev–Trinajstić information content (AvgIpc) is 3.60. The zero-order valence-corrected chi connectivity index (χ0v) is 22.3. The lowest BCUT2D eigenvalue weighted by atomic mass is 10.0. The highest BCUT2D eigenvalue weighted by Crippen LogP contribution is 2.32. The second kappa shape index (κ2) is 10.8. The number of amides is 3. The number of aliphatic hydroxyl groups is 2. The molecule has 11 nitrogen and oxygen atoms in total. The van der Waals surface area contributed by atoms with Crippen LogP contribution in [0.25, 0.3) is 0 Å². The Hall–Kier alpha value is -2.57. The first-order valence-corrected chi connectivity index (χ1v) is 14.1. The van der Waals surface area contributed by atoms with Crippen molar-refractivity contribution < 1.29 is 34.1 Å². The molecule has 7 atom stereocenters. The third-order valence-electron chi connectivity index (χ3n) is 9.06. The summed E-state index contributed by atoms with van der Waals surface area (Å²) in [4.78, 5) is 45.2. The van der Waals surface area contributed by atoms with E-state index in [2.05, 4.69) is 22.3 Å². The lowest BCUT2D eigenvalue weighted by molar-refractivity contribution is -0.147. The van der Waals surface area contributed by atoms with Crippen molar-refractivity contribution in [3.8, 4) is 0 Å². The van der Waals surface area contributed by atoms with E-state index in [9.17, 15) is 24.6 Å². The average molecular weight is 543 g/mol. The Morgan fingerprint density at radius 3 is 2.41 bits per heavy atom. The Morgan fingerprint density at radius 2 is 1.69 bits per heavy atom. The van der Waals surface area contributed by atoms with E-state index in [0.29, 0.717) is 32.7 Å². The van der Waals surface area contributed by atoms with Crippen LogP contribution in [0.3, 0.4) is 0 Å². The molecule has 39 heavy (non-hydrogen) atoms. The lowest BCUT2D eigenvalue weighted by Gasteiger charge is -2.39. The first kappa shape index (κ1) is 26.6. The van der Waals surface area contributed by atoms with E-state index < -0.39 is 24.4 Å². The molecule has 1 aliphatic carbocycles. The molecule has 4 aliphatic heterocycles. The summed E-state index contributed by atoms with van der Waals surface area (Å²) >= 11 is 0. The summed E-state index contributed by atoms with van der Waals surface area (Å²) in [6, 6.07) is 7.96. The highest BCUT2D eigenvalue weighted by Gasteiger charge is 2.47. The second-order valence-corrected chi connectivity index (χ2v) is 11.6. The van der Waals surface area contributed by atoms with E-state index in [0.717, 1.165) is 12.8 Å². The Morgan fingerprint density at radius 1 is 0.974 bits per heavy atom. The highest BCUT2D eigenvalue weighted by atomic mass is 16.5. The zero-order chi connectivity index (χ0) is 27.3. The molecule has 6 bridgehead atoms. The van der Waals surface area contributed by atoms with Crippen molar-refractivity contribution >= 4 is 17.7 Å². The SMILES string of the molecule is CC(=O)N1C[C@@H]2CN(CCO2)C(=O)[C@@H]2C[C@@H](CN2C2Cc3ccccc3C2)NC(=O)C[C@@H]2O[C@H](C1)[C@@H](O)[C@H]2O. The van der Waals surface area contributed by atoms with Gasteiger partial charge in [-0.05, 0) is 30.4 Å². The van der Waals surface area contributed by atoms with Crippen molar-refractivity contribution in [3.05, 3.63) is 35.4 Å². The molecule has 1 aromatic rings. The molecule has 4 fully saturated rings. The zero-order valence-electron chi connectivity index (χ0n) is 22.3. The first-order chi connectivity index (χ1) is 18.8. The van der Waals surface area contributed by atoms with Gasteiger partial charge in [-0.25, -0.2) is 0 Å². The number of rotatable bonds is 1. The monoisotopic (exact) mass is 542 g/mol. The molecule has 4 heterocycles. The van der Waals surface area contributed by atoms with Crippen LogP contribution >= 0.6 is 0 Å². The Labute approximate surface area is 228 Å². The maximum atomic E-state index is 14.0. The summed E-state index contributed by atoms with van der Waals surface area (Å²) in [6.45, 7) is 3.49. The minimum absolute atomic E-state index is 0.0340. The van der Waals surface area contributed by atoms with Gasteiger partial charge in [0.15, 0.2) is 0 Å². The van der Waals surface area contributed by atoms with Crippen molar-refractivity contribution in [1.82, 2.24) is 20.0 Å². The smallest absolute Gasteiger partial charge is 0.240 e. The van der Waals surface area contributed by atoms with Gasteiger partial charge in [-0.15, -0.1) is 0 Å².